The molecule has 0 spiro atoms. The minimum absolute atomic E-state index is 1.03. The standard InChI is InChI=1S/C27H46/c1-19-11-10-18-24-25(19)27(21-14-6-3-7-15-21)23-17-9-8-16-22(23)26(24)20-12-4-2-5-13-20/h19-27H,2-18H2,1H3. The van der Waals surface area contributed by atoms with Crippen LogP contribution in [0.2, 0.25) is 0 Å². The average Bonchev–Trinajstić information content (AvgIpc) is 2.73. The average molecular weight is 371 g/mol. The summed E-state index contributed by atoms with van der Waals surface area (Å²) in [5.74, 6) is 10.1. The third kappa shape index (κ3) is 3.54. The van der Waals surface area contributed by atoms with Crippen LogP contribution in [0.4, 0.5) is 0 Å². The molecular formula is C27H46. The predicted molar refractivity (Wildman–Crippen MR) is 116 cm³/mol. The van der Waals surface area contributed by atoms with Gasteiger partial charge in [0.25, 0.3) is 0 Å². The van der Waals surface area contributed by atoms with Crippen molar-refractivity contribution in [1.82, 2.24) is 0 Å². The van der Waals surface area contributed by atoms with Gasteiger partial charge in [0.2, 0.25) is 0 Å². The van der Waals surface area contributed by atoms with E-state index in [-0.39, 0.29) is 0 Å². The van der Waals surface area contributed by atoms with E-state index in [0.717, 1.165) is 53.3 Å². The van der Waals surface area contributed by atoms with E-state index in [1.54, 1.807) is 96.3 Å². The third-order valence-corrected chi connectivity index (χ3v) is 10.5. The summed E-state index contributed by atoms with van der Waals surface area (Å²) in [7, 11) is 0. The summed E-state index contributed by atoms with van der Waals surface area (Å²) in [6, 6.07) is 0. The molecule has 5 aliphatic rings. The minimum Gasteiger partial charge on any atom is -0.0622 e. The van der Waals surface area contributed by atoms with Gasteiger partial charge in [-0.1, -0.05) is 96.8 Å². The molecule has 0 amide bonds. The second-order valence-electron chi connectivity index (χ2n) is 11.7. The molecule has 154 valence electrons. The lowest BCUT2D eigenvalue weighted by Crippen LogP contribution is -2.55. The van der Waals surface area contributed by atoms with Gasteiger partial charge in [-0.3, -0.25) is 0 Å². The fraction of sp³-hybridized carbons (Fsp3) is 1.00. The van der Waals surface area contributed by atoms with Crippen LogP contribution in [0.5, 0.6) is 0 Å². The molecule has 0 aromatic rings. The van der Waals surface area contributed by atoms with Crippen molar-refractivity contribution in [3.63, 3.8) is 0 Å². The van der Waals surface area contributed by atoms with Crippen molar-refractivity contribution in [2.75, 3.05) is 0 Å². The van der Waals surface area contributed by atoms with Crippen molar-refractivity contribution < 1.29 is 0 Å². The van der Waals surface area contributed by atoms with Gasteiger partial charge in [0.1, 0.15) is 0 Å². The number of rotatable bonds is 2. The van der Waals surface area contributed by atoms with Crippen LogP contribution in [0.3, 0.4) is 0 Å². The van der Waals surface area contributed by atoms with Crippen LogP contribution in [0, 0.1) is 53.3 Å². The highest BCUT2D eigenvalue weighted by Crippen LogP contribution is 2.63. The van der Waals surface area contributed by atoms with Crippen LogP contribution in [0.15, 0.2) is 0 Å². The number of hydrogen-bond donors (Lipinski definition) is 0. The molecule has 0 aromatic carbocycles. The topological polar surface area (TPSA) is 0 Å². The molecule has 7 unspecified atom stereocenters. The normalized spacial score (nSPS) is 47.2. The van der Waals surface area contributed by atoms with Gasteiger partial charge in [0, 0.05) is 0 Å². The van der Waals surface area contributed by atoms with Crippen molar-refractivity contribution in [2.24, 2.45) is 53.3 Å². The van der Waals surface area contributed by atoms with Gasteiger partial charge in [-0.2, -0.15) is 0 Å². The Labute approximate surface area is 169 Å². The first-order valence-electron chi connectivity index (χ1n) is 13.3. The van der Waals surface area contributed by atoms with E-state index in [1.165, 1.54) is 12.8 Å². The van der Waals surface area contributed by atoms with E-state index < -0.39 is 0 Å². The fourth-order valence-corrected chi connectivity index (χ4v) is 9.74. The molecule has 5 rings (SSSR count). The van der Waals surface area contributed by atoms with Crippen LogP contribution in [-0.4, -0.2) is 0 Å². The molecule has 0 aliphatic heterocycles. The summed E-state index contributed by atoms with van der Waals surface area (Å²) in [6.45, 7) is 2.69. The SMILES string of the molecule is CC1CCCC2C(C3CCCCC3)C3CCCCC3C(C3CCCCC3)C12. The molecule has 5 saturated carbocycles. The van der Waals surface area contributed by atoms with Gasteiger partial charge in [0.05, 0.1) is 0 Å². The zero-order valence-corrected chi connectivity index (χ0v) is 18.2. The second kappa shape index (κ2) is 8.39. The van der Waals surface area contributed by atoms with E-state index >= 15 is 0 Å². The molecule has 0 N–H and O–H groups in total. The summed E-state index contributed by atoms with van der Waals surface area (Å²) in [4.78, 5) is 0. The summed E-state index contributed by atoms with van der Waals surface area (Å²) < 4.78 is 0. The lowest BCUT2D eigenvalue weighted by Gasteiger charge is -2.61. The first-order valence-corrected chi connectivity index (χ1v) is 13.3. The number of fused-ring (bicyclic) bond motifs is 2. The Morgan fingerprint density at radius 1 is 0.370 bits per heavy atom. The lowest BCUT2D eigenvalue weighted by atomic mass is 9.44. The van der Waals surface area contributed by atoms with Crippen LogP contribution in [0.1, 0.15) is 116 Å². The molecule has 0 nitrogen and oxygen atoms in total. The Balaban J connectivity index is 1.49. The first-order chi connectivity index (χ1) is 13.3. The largest absolute Gasteiger partial charge is 0.0622 e. The van der Waals surface area contributed by atoms with Gasteiger partial charge < -0.3 is 0 Å². The Morgan fingerprint density at radius 3 is 1.48 bits per heavy atom. The highest BCUT2D eigenvalue weighted by atomic mass is 14.6. The monoisotopic (exact) mass is 370 g/mol. The smallest absolute Gasteiger partial charge is 0.0321 e. The molecular weight excluding hydrogens is 324 g/mol. The molecule has 0 bridgehead atoms. The van der Waals surface area contributed by atoms with Crippen LogP contribution in [0.25, 0.3) is 0 Å². The van der Waals surface area contributed by atoms with E-state index in [0.29, 0.717) is 0 Å². The Morgan fingerprint density at radius 2 is 0.852 bits per heavy atom. The summed E-state index contributed by atoms with van der Waals surface area (Å²) in [5.41, 5.74) is 0. The van der Waals surface area contributed by atoms with Crippen LogP contribution < -0.4 is 0 Å². The Bertz CT molecular complexity index is 468. The van der Waals surface area contributed by atoms with Crippen molar-refractivity contribution in [1.29, 1.82) is 0 Å². The predicted octanol–water partition coefficient (Wildman–Crippen LogP) is 8.25. The van der Waals surface area contributed by atoms with Gasteiger partial charge in [0.15, 0.2) is 0 Å². The maximum Gasteiger partial charge on any atom is -0.0321 e. The molecule has 0 saturated heterocycles. The van der Waals surface area contributed by atoms with E-state index in [9.17, 15) is 0 Å². The summed E-state index contributed by atoms with van der Waals surface area (Å²) in [5, 5.41) is 0. The lowest BCUT2D eigenvalue weighted by molar-refractivity contribution is -0.128. The molecule has 27 heavy (non-hydrogen) atoms. The van der Waals surface area contributed by atoms with Crippen molar-refractivity contribution in [2.45, 2.75) is 116 Å². The Hall–Kier alpha value is 0. The maximum atomic E-state index is 2.69. The molecule has 5 fully saturated rings. The van der Waals surface area contributed by atoms with E-state index in [1.807, 2.05) is 0 Å². The van der Waals surface area contributed by atoms with Crippen LogP contribution in [-0.2, 0) is 0 Å². The molecule has 0 radical (unpaired) electrons. The van der Waals surface area contributed by atoms with Gasteiger partial charge >= 0.3 is 0 Å². The zero-order chi connectivity index (χ0) is 18.2. The van der Waals surface area contributed by atoms with Crippen molar-refractivity contribution in [3.8, 4) is 0 Å². The van der Waals surface area contributed by atoms with Gasteiger partial charge in [-0.15, -0.1) is 0 Å². The summed E-state index contributed by atoms with van der Waals surface area (Å²) >= 11 is 0. The molecule has 7 atom stereocenters. The third-order valence-electron chi connectivity index (χ3n) is 10.5. The van der Waals surface area contributed by atoms with E-state index in [2.05, 4.69) is 6.92 Å². The minimum atomic E-state index is 1.03. The van der Waals surface area contributed by atoms with Crippen molar-refractivity contribution >= 4 is 0 Å². The molecule has 0 aromatic heterocycles. The van der Waals surface area contributed by atoms with Crippen molar-refractivity contribution in [3.05, 3.63) is 0 Å². The first kappa shape index (κ1) is 19.0. The molecule has 0 heterocycles. The highest BCUT2D eigenvalue weighted by Gasteiger charge is 2.55. The molecule has 5 aliphatic carbocycles. The quantitative estimate of drug-likeness (QED) is 0.459. The maximum absolute atomic E-state index is 2.69. The van der Waals surface area contributed by atoms with Gasteiger partial charge in [-0.05, 0) is 72.5 Å². The molecule has 0 heteroatoms. The summed E-state index contributed by atoms with van der Waals surface area (Å²) in [6.07, 6.45) is 26.7. The van der Waals surface area contributed by atoms with Crippen LogP contribution >= 0.6 is 0 Å². The highest BCUT2D eigenvalue weighted by molar-refractivity contribution is 5.04. The van der Waals surface area contributed by atoms with Gasteiger partial charge in [-0.25, -0.2) is 0 Å². The fourth-order valence-electron chi connectivity index (χ4n) is 9.74. The Kier molecular flexibility index (Phi) is 5.90. The number of hydrogen-bond acceptors (Lipinski definition) is 0. The second-order valence-corrected chi connectivity index (χ2v) is 11.7. The zero-order valence-electron chi connectivity index (χ0n) is 18.2. The van der Waals surface area contributed by atoms with E-state index in [4.69, 9.17) is 0 Å².